The smallest absolute Gasteiger partial charge is 0.234 e. The number of nitrogens with zero attached hydrogens (tertiary/aromatic N) is 1. The lowest BCUT2D eigenvalue weighted by molar-refractivity contribution is -0.156. The molecule has 0 aromatic rings. The van der Waals surface area contributed by atoms with E-state index in [1.54, 1.807) is 62.3 Å². The molecule has 2 amide bonds. The highest BCUT2D eigenvalue weighted by molar-refractivity contribution is 6.00. The molecule has 0 bridgehead atoms. The molecule has 0 saturated carbocycles. The Hall–Kier alpha value is -3.76. The zero-order chi connectivity index (χ0) is 70.6. The first kappa shape index (κ1) is 87.2. The quantitative estimate of drug-likeness (QED) is 0.0154. The van der Waals surface area contributed by atoms with Crippen LogP contribution in [0.15, 0.2) is 4.99 Å². The third-order valence-corrected chi connectivity index (χ3v) is 19.9. The summed E-state index contributed by atoms with van der Waals surface area (Å²) in [7, 11) is 0. The van der Waals surface area contributed by atoms with Gasteiger partial charge >= 0.3 is 0 Å². The zero-order valence-corrected chi connectivity index (χ0v) is 61.5. The second kappa shape index (κ2) is 40.6. The maximum Gasteiger partial charge on any atom is 0.234 e. The lowest BCUT2D eigenvalue weighted by atomic mass is 9.75. The molecule has 0 aromatic heterocycles. The van der Waals surface area contributed by atoms with Crippen molar-refractivity contribution >= 4 is 46.7 Å². The number of unbranched alkanes of at least 4 members (excludes halogenated alkanes) is 9. The first-order chi connectivity index (χ1) is 42.0. The van der Waals surface area contributed by atoms with E-state index in [-0.39, 0.29) is 60.5 Å². The fraction of sp³-hybridized carbons (Fsp3) is 0.887. The van der Waals surface area contributed by atoms with Crippen LogP contribution in [0, 0.1) is 29.1 Å². The molecule has 16 atom stereocenters. The number of carbonyl (C=O) groups is 7. The minimum Gasteiger partial charge on any atom is -0.393 e. The first-order valence-corrected chi connectivity index (χ1v) is 35.3. The summed E-state index contributed by atoms with van der Waals surface area (Å²) in [5.74, 6) is -3.26. The number of hydrogen-bond donors (Lipinski definition) is 11. The van der Waals surface area contributed by atoms with Crippen molar-refractivity contribution in [1.82, 2.24) is 26.6 Å². The highest BCUT2D eigenvalue weighted by atomic mass is 16.5. The summed E-state index contributed by atoms with van der Waals surface area (Å²) in [6.45, 7) is 40.7. The Morgan fingerprint density at radius 1 is 0.516 bits per heavy atom. The summed E-state index contributed by atoms with van der Waals surface area (Å²) in [5, 5.41) is 39.6. The summed E-state index contributed by atoms with van der Waals surface area (Å²) in [6, 6.07) is -6.15. The van der Waals surface area contributed by atoms with E-state index in [4.69, 9.17) is 27.7 Å². The number of aliphatic imine (C=N–C) groups is 1. The number of carbonyl (C=O) groups excluding carboxylic acids is 7. The number of nitrogens with two attached hydrogens (primary N) is 4. The predicted molar refractivity (Wildman–Crippen MR) is 371 cm³/mol. The normalized spacial score (nSPS) is 19.3. The third-order valence-electron chi connectivity index (χ3n) is 19.9. The van der Waals surface area contributed by atoms with E-state index in [1.807, 2.05) is 69.2 Å². The Bertz CT molecular complexity index is 2260. The molecule has 15 N–H and O–H groups in total. The summed E-state index contributed by atoms with van der Waals surface area (Å²) in [5.41, 5.74) is 15.2. The van der Waals surface area contributed by atoms with E-state index in [2.05, 4.69) is 45.4 Å². The Kier molecular flexibility index (Phi) is 38.9. The Morgan fingerprint density at radius 3 is 1.35 bits per heavy atom. The van der Waals surface area contributed by atoms with Crippen molar-refractivity contribution in [3.8, 4) is 0 Å². The highest BCUT2D eigenvalue weighted by Crippen LogP contribution is 2.35. The SMILES string of the molecule is CCC(C)C(NC(C)(CC)C(=O)C(NC(=O)CC(C)(CC)C(O)CCCCCCCCCCCCN=C(N)N)C(C)OC(C)(C)C(=O)C(C)N[C@H](CC)C(N)=O)C(=O)C(C)(CC)NC(C(=O)[C@](C)(CC(C)C)NC(C(=O)[C@@](C)(N)CCC(C)C)C(C)O)C(C)CC. The Balaban J connectivity index is 7.48. The van der Waals surface area contributed by atoms with Crippen LogP contribution in [0.1, 0.15) is 287 Å². The summed E-state index contributed by atoms with van der Waals surface area (Å²) in [4.78, 5) is 107. The number of aliphatic hydroxyl groups is 2. The number of ketones is 5. The molecule has 20 nitrogen and oxygen atoms in total. The van der Waals surface area contributed by atoms with Crippen molar-refractivity contribution in [2.24, 2.45) is 57.0 Å². The molecule has 532 valence electrons. The van der Waals surface area contributed by atoms with Gasteiger partial charge in [-0.3, -0.25) is 59.8 Å². The lowest BCUT2D eigenvalue weighted by Crippen LogP contribution is -2.71. The molecule has 0 aliphatic carbocycles. The molecular weight excluding hydrogens is 1150 g/mol. The molecule has 91 heavy (non-hydrogen) atoms. The van der Waals surface area contributed by atoms with Crippen LogP contribution in [-0.2, 0) is 38.3 Å². The van der Waals surface area contributed by atoms with Gasteiger partial charge in [0.1, 0.15) is 11.6 Å². The third kappa shape index (κ3) is 28.2. The van der Waals surface area contributed by atoms with Gasteiger partial charge in [-0.2, -0.15) is 0 Å². The van der Waals surface area contributed by atoms with Gasteiger partial charge in [0, 0.05) is 18.4 Å². The van der Waals surface area contributed by atoms with E-state index in [0.29, 0.717) is 57.9 Å². The van der Waals surface area contributed by atoms with Crippen LogP contribution in [0.4, 0.5) is 0 Å². The van der Waals surface area contributed by atoms with Gasteiger partial charge in [0.2, 0.25) is 11.8 Å². The van der Waals surface area contributed by atoms with E-state index in [1.165, 1.54) is 13.3 Å². The van der Waals surface area contributed by atoms with Crippen LogP contribution in [0.25, 0.3) is 0 Å². The average Bonchev–Trinajstić information content (AvgIpc) is 0.799. The van der Waals surface area contributed by atoms with Crippen molar-refractivity contribution in [1.29, 1.82) is 0 Å². The fourth-order valence-corrected chi connectivity index (χ4v) is 12.5. The van der Waals surface area contributed by atoms with E-state index >= 15 is 14.4 Å². The largest absolute Gasteiger partial charge is 0.393 e. The number of rotatable bonds is 53. The number of ether oxygens (including phenoxy) is 1. The van der Waals surface area contributed by atoms with Crippen LogP contribution in [0.2, 0.25) is 0 Å². The number of Topliss-reactive ketones (excluding diaryl/α,β-unsaturated/α-hetero) is 5. The summed E-state index contributed by atoms with van der Waals surface area (Å²) < 4.78 is 6.60. The number of hydrogen-bond acceptors (Lipinski definition) is 16. The van der Waals surface area contributed by atoms with Gasteiger partial charge in [0.05, 0.1) is 70.7 Å². The van der Waals surface area contributed by atoms with Crippen LogP contribution in [0.5, 0.6) is 0 Å². The molecule has 0 aromatic carbocycles. The van der Waals surface area contributed by atoms with Gasteiger partial charge in [-0.1, -0.05) is 161 Å². The minimum atomic E-state index is -1.56. The topological polar surface area (TPSA) is 346 Å². The van der Waals surface area contributed by atoms with Crippen LogP contribution >= 0.6 is 0 Å². The predicted octanol–water partition coefficient (Wildman–Crippen LogP) is 9.12. The van der Waals surface area contributed by atoms with Crippen LogP contribution in [0.3, 0.4) is 0 Å². The van der Waals surface area contributed by atoms with Crippen LogP contribution < -0.4 is 49.5 Å². The molecule has 0 heterocycles. The van der Waals surface area contributed by atoms with Gasteiger partial charge in [-0.25, -0.2) is 0 Å². The zero-order valence-electron chi connectivity index (χ0n) is 61.5. The number of amides is 2. The number of nitrogens with one attached hydrogen (secondary N) is 5. The second-order valence-corrected chi connectivity index (χ2v) is 29.8. The Labute approximate surface area is 552 Å². The number of aliphatic hydroxyl groups excluding tert-OH is 2. The van der Waals surface area contributed by atoms with Gasteiger partial charge in [-0.05, 0) is 144 Å². The molecule has 0 aliphatic rings. The van der Waals surface area contributed by atoms with Crippen molar-refractivity contribution in [3.63, 3.8) is 0 Å². The molecule has 20 heteroatoms. The number of primary amides is 1. The van der Waals surface area contributed by atoms with Gasteiger partial charge in [-0.15, -0.1) is 0 Å². The molecule has 0 fully saturated rings. The van der Waals surface area contributed by atoms with Crippen molar-refractivity contribution in [2.75, 3.05) is 6.54 Å². The molecular formula is C71H138N10O10. The molecule has 0 rings (SSSR count). The standard InChI is InChI=1S/C71H138N10O10/c1-23-47(11)55(61(87)69(20,27-5)80-56(48(12)24-2)62(88)71(22,43-46(9)10)81-57(50(14)82)60(86)68(19,75)41-40-45(7)8)79-70(21,28-6)63(89)58(51(15)91-66(16,17)59(85)49(13)77-52(25-3)64(72)90)78-54(84)44-67(18,26-4)53(83)39-37-35-33-31-29-30-32-34-36-38-42-76-65(73)74/h45-53,55-58,77,79-83H,23-44,75H2,1-22H3,(H2,72,90)(H,78,84)(H4,73,74,76)/t47?,48?,49?,50?,51?,52-,53?,55?,56?,57?,58?,67?,68+,69?,70?,71+/m1/s1. The maximum atomic E-state index is 15.9. The van der Waals surface area contributed by atoms with Gasteiger partial charge < -0.3 is 43.2 Å². The van der Waals surface area contributed by atoms with Gasteiger partial charge in [0.15, 0.2) is 34.9 Å². The van der Waals surface area contributed by atoms with Crippen molar-refractivity contribution in [2.45, 2.75) is 369 Å². The second-order valence-electron chi connectivity index (χ2n) is 29.8. The summed E-state index contributed by atoms with van der Waals surface area (Å²) >= 11 is 0. The molecule has 13 unspecified atom stereocenters. The minimum absolute atomic E-state index is 0.0350. The number of guanidine groups is 1. The van der Waals surface area contributed by atoms with Crippen molar-refractivity contribution in [3.05, 3.63) is 0 Å². The highest BCUT2D eigenvalue weighted by Gasteiger charge is 2.51. The van der Waals surface area contributed by atoms with Gasteiger partial charge in [0.25, 0.3) is 0 Å². The fourth-order valence-electron chi connectivity index (χ4n) is 12.5. The monoisotopic (exact) mass is 1290 g/mol. The van der Waals surface area contributed by atoms with E-state index in [0.717, 1.165) is 57.8 Å². The molecule has 0 radical (unpaired) electrons. The molecule has 0 spiro atoms. The van der Waals surface area contributed by atoms with E-state index < -0.39 is 117 Å². The lowest BCUT2D eigenvalue weighted by Gasteiger charge is -2.45. The van der Waals surface area contributed by atoms with Crippen molar-refractivity contribution < 1.29 is 48.5 Å². The first-order valence-electron chi connectivity index (χ1n) is 35.3. The molecule has 0 saturated heterocycles. The maximum absolute atomic E-state index is 15.9. The average molecular weight is 1290 g/mol. The van der Waals surface area contributed by atoms with E-state index in [9.17, 15) is 29.4 Å². The summed E-state index contributed by atoms with van der Waals surface area (Å²) in [6.07, 6.45) is 11.5. The molecule has 0 aliphatic heterocycles. The van der Waals surface area contributed by atoms with Crippen LogP contribution in [-0.4, -0.2) is 146 Å². The Morgan fingerprint density at radius 2 is 0.956 bits per heavy atom.